The highest BCUT2D eigenvalue weighted by Crippen LogP contribution is 2.55. The zero-order valence-electron chi connectivity index (χ0n) is 5.41. The molecule has 9 heavy (non-hydrogen) atoms. The zero-order valence-corrected chi connectivity index (χ0v) is 7.74. The third-order valence-corrected chi connectivity index (χ3v) is 7.88. The van der Waals surface area contributed by atoms with Gasteiger partial charge in [0, 0.05) is 0 Å². The highest BCUT2D eigenvalue weighted by molar-refractivity contribution is 8.35. The Hall–Kier alpha value is 0.930. The second-order valence-corrected chi connectivity index (χ2v) is 7.57. The van der Waals surface area contributed by atoms with Gasteiger partial charge in [0.15, 0.2) is 0 Å². The first kappa shape index (κ1) is 8.03. The Labute approximate surface area is 68.2 Å². The Morgan fingerprint density at radius 1 is 1.00 bits per heavy atom. The van der Waals surface area contributed by atoms with Gasteiger partial charge in [0.05, 0.1) is 10.4 Å². The maximum Gasteiger partial charge on any atom is 0.0537 e. The molecule has 56 valence electrons. The lowest BCUT2D eigenvalue weighted by Gasteiger charge is -2.29. The van der Waals surface area contributed by atoms with Gasteiger partial charge in [-0.3, -0.25) is 0 Å². The molecule has 1 rings (SSSR count). The fourth-order valence-corrected chi connectivity index (χ4v) is 5.51. The SMILES string of the molecule is ClCS1(CCl)CCCC1. The van der Waals surface area contributed by atoms with Gasteiger partial charge < -0.3 is 0 Å². The van der Waals surface area contributed by atoms with E-state index in [0.717, 1.165) is 10.4 Å². The van der Waals surface area contributed by atoms with Crippen LogP contribution in [0.1, 0.15) is 12.8 Å². The average Bonchev–Trinajstić information content (AvgIpc) is 2.36. The van der Waals surface area contributed by atoms with Crippen LogP contribution >= 0.6 is 33.2 Å². The lowest BCUT2D eigenvalue weighted by molar-refractivity contribution is 0.949. The molecule has 1 aliphatic rings. The van der Waals surface area contributed by atoms with Crippen LogP contribution < -0.4 is 0 Å². The van der Waals surface area contributed by atoms with E-state index in [1.165, 1.54) is 24.3 Å². The molecule has 0 aromatic heterocycles. The second-order valence-electron chi connectivity index (χ2n) is 2.56. The van der Waals surface area contributed by atoms with Crippen LogP contribution in [-0.2, 0) is 0 Å². The van der Waals surface area contributed by atoms with E-state index in [9.17, 15) is 0 Å². The van der Waals surface area contributed by atoms with E-state index in [1.807, 2.05) is 0 Å². The van der Waals surface area contributed by atoms with Crippen molar-refractivity contribution in [2.45, 2.75) is 12.8 Å². The van der Waals surface area contributed by atoms with Crippen molar-refractivity contribution >= 4 is 33.2 Å². The van der Waals surface area contributed by atoms with E-state index >= 15 is 0 Å². The normalized spacial score (nSPS) is 28.2. The number of rotatable bonds is 2. The molecule has 0 radical (unpaired) electrons. The van der Waals surface area contributed by atoms with Crippen molar-refractivity contribution in [2.24, 2.45) is 0 Å². The molecule has 0 spiro atoms. The van der Waals surface area contributed by atoms with Gasteiger partial charge in [-0.15, -0.1) is 23.2 Å². The van der Waals surface area contributed by atoms with Crippen molar-refractivity contribution in [3.63, 3.8) is 0 Å². The predicted octanol–water partition coefficient (Wildman–Crippen LogP) is 2.98. The van der Waals surface area contributed by atoms with E-state index in [4.69, 9.17) is 23.2 Å². The van der Waals surface area contributed by atoms with Crippen molar-refractivity contribution in [3.05, 3.63) is 0 Å². The molecule has 1 fully saturated rings. The summed E-state index contributed by atoms with van der Waals surface area (Å²) in [5, 5.41) is 1.66. The fraction of sp³-hybridized carbons (Fsp3) is 1.00. The van der Waals surface area contributed by atoms with Crippen LogP contribution in [0.3, 0.4) is 0 Å². The summed E-state index contributed by atoms with van der Waals surface area (Å²) in [4.78, 5) is 0. The van der Waals surface area contributed by atoms with Crippen LogP contribution in [0.2, 0.25) is 0 Å². The Morgan fingerprint density at radius 3 is 1.67 bits per heavy atom. The van der Waals surface area contributed by atoms with E-state index in [1.54, 1.807) is 0 Å². The third-order valence-electron chi connectivity index (χ3n) is 1.87. The Balaban J connectivity index is 2.45. The minimum Gasteiger partial charge on any atom is -0.214 e. The van der Waals surface area contributed by atoms with Gasteiger partial charge in [0.1, 0.15) is 0 Å². The molecular weight excluding hydrogens is 175 g/mol. The van der Waals surface area contributed by atoms with E-state index in [0.29, 0.717) is 0 Å². The minimum absolute atomic E-state index is 0.506. The van der Waals surface area contributed by atoms with Gasteiger partial charge >= 0.3 is 0 Å². The van der Waals surface area contributed by atoms with Crippen molar-refractivity contribution in [1.29, 1.82) is 0 Å². The highest BCUT2D eigenvalue weighted by atomic mass is 35.5. The summed E-state index contributed by atoms with van der Waals surface area (Å²) in [6, 6.07) is 0. The minimum atomic E-state index is -0.506. The first-order valence-electron chi connectivity index (χ1n) is 3.19. The summed E-state index contributed by atoms with van der Waals surface area (Å²) >= 11 is 11.6. The zero-order chi connectivity index (χ0) is 6.74. The first-order valence-corrected chi connectivity index (χ1v) is 6.57. The number of hydrogen-bond donors (Lipinski definition) is 0. The van der Waals surface area contributed by atoms with E-state index < -0.39 is 10.0 Å². The fourth-order valence-electron chi connectivity index (χ4n) is 1.17. The molecule has 0 amide bonds. The molecule has 0 N–H and O–H groups in total. The Morgan fingerprint density at radius 2 is 1.44 bits per heavy atom. The molecule has 1 heterocycles. The van der Waals surface area contributed by atoms with E-state index in [2.05, 4.69) is 0 Å². The van der Waals surface area contributed by atoms with Gasteiger partial charge in [-0.2, -0.15) is 0 Å². The van der Waals surface area contributed by atoms with Crippen LogP contribution in [0.5, 0.6) is 0 Å². The van der Waals surface area contributed by atoms with Crippen LogP contribution in [0, 0.1) is 0 Å². The standard InChI is InChI=1S/C6H12Cl2S/c7-5-9(6-8)3-1-2-4-9/h1-6H2. The van der Waals surface area contributed by atoms with Gasteiger partial charge in [0.25, 0.3) is 0 Å². The number of hydrogen-bond acceptors (Lipinski definition) is 0. The van der Waals surface area contributed by atoms with Crippen molar-refractivity contribution in [1.82, 2.24) is 0 Å². The molecule has 1 saturated heterocycles. The summed E-state index contributed by atoms with van der Waals surface area (Å²) in [5.41, 5.74) is 0. The van der Waals surface area contributed by atoms with Crippen molar-refractivity contribution in [3.8, 4) is 0 Å². The van der Waals surface area contributed by atoms with Gasteiger partial charge in [-0.1, -0.05) is 0 Å². The monoisotopic (exact) mass is 186 g/mol. The maximum absolute atomic E-state index is 5.82. The molecule has 3 heteroatoms. The Kier molecular flexibility index (Phi) is 3.00. The maximum atomic E-state index is 5.82. The summed E-state index contributed by atoms with van der Waals surface area (Å²) < 4.78 is 0. The van der Waals surface area contributed by atoms with Gasteiger partial charge in [0.2, 0.25) is 0 Å². The topological polar surface area (TPSA) is 0 Å². The summed E-state index contributed by atoms with van der Waals surface area (Å²) in [6.07, 6.45) is 2.71. The second kappa shape index (κ2) is 3.36. The molecule has 0 aliphatic carbocycles. The Bertz CT molecular complexity index is 83.1. The van der Waals surface area contributed by atoms with Crippen molar-refractivity contribution < 1.29 is 0 Å². The van der Waals surface area contributed by atoms with Gasteiger partial charge in [-0.25, -0.2) is 10.0 Å². The molecule has 0 aromatic carbocycles. The van der Waals surface area contributed by atoms with Crippen molar-refractivity contribution in [2.75, 3.05) is 21.9 Å². The predicted molar refractivity (Wildman–Crippen MR) is 48.0 cm³/mol. The summed E-state index contributed by atoms with van der Waals surface area (Å²) in [6.45, 7) is 0. The van der Waals surface area contributed by atoms with E-state index in [-0.39, 0.29) is 0 Å². The number of halogens is 2. The molecule has 0 unspecified atom stereocenters. The van der Waals surface area contributed by atoms with Crippen LogP contribution in [-0.4, -0.2) is 21.9 Å². The smallest absolute Gasteiger partial charge is 0.0537 e. The molecular formula is C6H12Cl2S. The molecule has 0 bridgehead atoms. The molecule has 0 nitrogen and oxygen atoms in total. The third kappa shape index (κ3) is 1.69. The molecule has 0 atom stereocenters. The highest BCUT2D eigenvalue weighted by Gasteiger charge is 2.25. The summed E-state index contributed by atoms with van der Waals surface area (Å²) in [7, 11) is -0.506. The van der Waals surface area contributed by atoms with Crippen LogP contribution in [0.15, 0.2) is 0 Å². The molecule has 0 aromatic rings. The van der Waals surface area contributed by atoms with Crippen LogP contribution in [0.4, 0.5) is 0 Å². The summed E-state index contributed by atoms with van der Waals surface area (Å²) in [5.74, 6) is 2.64. The van der Waals surface area contributed by atoms with Crippen LogP contribution in [0.25, 0.3) is 0 Å². The lowest BCUT2D eigenvalue weighted by Crippen LogP contribution is -2.03. The quantitative estimate of drug-likeness (QED) is 0.583. The number of alkyl halides is 2. The van der Waals surface area contributed by atoms with Gasteiger partial charge in [-0.05, 0) is 24.3 Å². The molecule has 0 saturated carbocycles. The lowest BCUT2D eigenvalue weighted by atomic mass is 10.4. The first-order chi connectivity index (χ1) is 4.33. The average molecular weight is 187 g/mol. The largest absolute Gasteiger partial charge is 0.214 e. The molecule has 1 aliphatic heterocycles.